The molecule has 2 atom stereocenters. The number of esters is 1. The quantitative estimate of drug-likeness (QED) is 0.668. The van der Waals surface area contributed by atoms with Gasteiger partial charge in [-0.3, -0.25) is 4.79 Å². The summed E-state index contributed by atoms with van der Waals surface area (Å²) in [6.07, 6.45) is -0.0629. The largest absolute Gasteiger partial charge is 0.496 e. The molecule has 1 N–H and O–H groups in total. The van der Waals surface area contributed by atoms with Crippen LogP contribution < -0.4 is 14.8 Å². The smallest absolute Gasteiger partial charge is 0.346 e. The average Bonchev–Trinajstić information content (AvgIpc) is 2.73. The molecule has 0 spiro atoms. The van der Waals surface area contributed by atoms with Crippen molar-refractivity contribution in [3.05, 3.63) is 59.7 Å². The third kappa shape index (κ3) is 5.25. The van der Waals surface area contributed by atoms with Gasteiger partial charge in [-0.1, -0.05) is 43.3 Å². The summed E-state index contributed by atoms with van der Waals surface area (Å²) in [6, 6.07) is 15.0. The standard InChI is InChI=1S/C22H27NO5/c1-5-16(17-10-7-6-8-11-17)14-23-21(24)15(2)28-22(25)20-18(26-3)12-9-13-19(20)27-4/h6-13,15-16H,5,14H2,1-4H3,(H,23,24)/t15-,16+/m1/s1. The molecule has 0 bridgehead atoms. The Morgan fingerprint density at radius 1 is 0.964 bits per heavy atom. The molecule has 0 saturated heterocycles. The summed E-state index contributed by atoms with van der Waals surface area (Å²) in [5, 5.41) is 2.87. The maximum absolute atomic E-state index is 12.6. The van der Waals surface area contributed by atoms with Crippen molar-refractivity contribution in [1.82, 2.24) is 5.32 Å². The van der Waals surface area contributed by atoms with E-state index in [1.807, 2.05) is 30.3 Å². The summed E-state index contributed by atoms with van der Waals surface area (Å²) in [5.41, 5.74) is 1.32. The molecule has 6 nitrogen and oxygen atoms in total. The van der Waals surface area contributed by atoms with Crippen molar-refractivity contribution in [3.63, 3.8) is 0 Å². The van der Waals surface area contributed by atoms with Gasteiger partial charge in [-0.2, -0.15) is 0 Å². The van der Waals surface area contributed by atoms with Crippen molar-refractivity contribution in [2.75, 3.05) is 20.8 Å². The number of hydrogen-bond acceptors (Lipinski definition) is 5. The van der Waals surface area contributed by atoms with Gasteiger partial charge in [0.05, 0.1) is 14.2 Å². The van der Waals surface area contributed by atoms with Crippen molar-refractivity contribution in [1.29, 1.82) is 0 Å². The van der Waals surface area contributed by atoms with E-state index in [4.69, 9.17) is 14.2 Å². The molecule has 0 aromatic heterocycles. The SMILES string of the molecule is CC[C@@H](CNC(=O)[C@@H](C)OC(=O)c1c(OC)cccc1OC)c1ccccc1. The van der Waals surface area contributed by atoms with Crippen LogP contribution in [0.1, 0.15) is 42.1 Å². The fraction of sp³-hybridized carbons (Fsp3) is 0.364. The number of nitrogens with one attached hydrogen (secondary N) is 1. The molecule has 28 heavy (non-hydrogen) atoms. The lowest BCUT2D eigenvalue weighted by molar-refractivity contribution is -0.129. The van der Waals surface area contributed by atoms with Gasteiger partial charge < -0.3 is 19.5 Å². The van der Waals surface area contributed by atoms with E-state index < -0.39 is 12.1 Å². The van der Waals surface area contributed by atoms with Gasteiger partial charge in [0, 0.05) is 12.5 Å². The molecule has 150 valence electrons. The minimum Gasteiger partial charge on any atom is -0.496 e. The Morgan fingerprint density at radius 3 is 2.11 bits per heavy atom. The second kappa shape index (κ2) is 10.3. The second-order valence-electron chi connectivity index (χ2n) is 6.35. The second-order valence-corrected chi connectivity index (χ2v) is 6.35. The van der Waals surface area contributed by atoms with Gasteiger partial charge in [0.15, 0.2) is 6.10 Å². The Bertz CT molecular complexity index is 769. The number of amides is 1. The number of benzene rings is 2. The first-order chi connectivity index (χ1) is 13.5. The van der Waals surface area contributed by atoms with Crippen LogP contribution in [-0.2, 0) is 9.53 Å². The first-order valence-electron chi connectivity index (χ1n) is 9.26. The number of carbonyl (C=O) groups excluding carboxylic acids is 2. The van der Waals surface area contributed by atoms with Crippen LogP contribution in [0.4, 0.5) is 0 Å². The normalized spacial score (nSPS) is 12.6. The van der Waals surface area contributed by atoms with E-state index in [0.29, 0.717) is 18.0 Å². The fourth-order valence-corrected chi connectivity index (χ4v) is 2.92. The van der Waals surface area contributed by atoms with Crippen LogP contribution in [-0.4, -0.2) is 38.7 Å². The van der Waals surface area contributed by atoms with Gasteiger partial charge >= 0.3 is 5.97 Å². The molecule has 0 fully saturated rings. The van der Waals surface area contributed by atoms with Crippen LogP contribution in [0, 0.1) is 0 Å². The summed E-state index contributed by atoms with van der Waals surface area (Å²) in [7, 11) is 2.91. The molecule has 2 aromatic rings. The molecule has 2 rings (SSSR count). The summed E-state index contributed by atoms with van der Waals surface area (Å²) < 4.78 is 15.8. The lowest BCUT2D eigenvalue weighted by Crippen LogP contribution is -2.38. The molecule has 0 aliphatic carbocycles. The summed E-state index contributed by atoms with van der Waals surface area (Å²) >= 11 is 0. The van der Waals surface area contributed by atoms with Gasteiger partial charge in [0.1, 0.15) is 17.1 Å². The Labute approximate surface area is 165 Å². The van der Waals surface area contributed by atoms with Gasteiger partial charge in [-0.05, 0) is 31.0 Å². The van der Waals surface area contributed by atoms with Crippen LogP contribution in [0.3, 0.4) is 0 Å². The van der Waals surface area contributed by atoms with Gasteiger partial charge in [-0.25, -0.2) is 4.79 Å². The van der Waals surface area contributed by atoms with E-state index in [-0.39, 0.29) is 17.4 Å². The highest BCUT2D eigenvalue weighted by atomic mass is 16.6. The lowest BCUT2D eigenvalue weighted by Gasteiger charge is -2.19. The summed E-state index contributed by atoms with van der Waals surface area (Å²) in [4.78, 5) is 25.0. The van der Waals surface area contributed by atoms with Crippen molar-refractivity contribution >= 4 is 11.9 Å². The van der Waals surface area contributed by atoms with Crippen molar-refractivity contribution < 1.29 is 23.8 Å². The summed E-state index contributed by atoms with van der Waals surface area (Å²) in [5.74, 6) is -0.176. The molecular formula is C22H27NO5. The zero-order chi connectivity index (χ0) is 20.5. The zero-order valence-electron chi connectivity index (χ0n) is 16.7. The lowest BCUT2D eigenvalue weighted by atomic mass is 9.96. The number of rotatable bonds is 9. The summed E-state index contributed by atoms with van der Waals surface area (Å²) in [6.45, 7) is 4.08. The first-order valence-corrected chi connectivity index (χ1v) is 9.26. The molecule has 0 aliphatic rings. The predicted molar refractivity (Wildman–Crippen MR) is 107 cm³/mol. The Balaban J connectivity index is 2.00. The first kappa shape index (κ1) is 21.3. The van der Waals surface area contributed by atoms with Crippen LogP contribution in [0.15, 0.2) is 48.5 Å². The van der Waals surface area contributed by atoms with Crippen LogP contribution >= 0.6 is 0 Å². The molecule has 0 saturated carbocycles. The Kier molecular flexibility index (Phi) is 7.87. The molecule has 6 heteroatoms. The monoisotopic (exact) mass is 385 g/mol. The molecule has 2 aromatic carbocycles. The zero-order valence-corrected chi connectivity index (χ0v) is 16.7. The molecule has 1 amide bonds. The number of carbonyl (C=O) groups is 2. The maximum atomic E-state index is 12.6. The Hall–Kier alpha value is -3.02. The van der Waals surface area contributed by atoms with Gasteiger partial charge in [0.2, 0.25) is 0 Å². The van der Waals surface area contributed by atoms with Crippen molar-refractivity contribution in [2.45, 2.75) is 32.3 Å². The van der Waals surface area contributed by atoms with Crippen LogP contribution in [0.5, 0.6) is 11.5 Å². The highest BCUT2D eigenvalue weighted by molar-refractivity contribution is 5.97. The van der Waals surface area contributed by atoms with Crippen LogP contribution in [0.2, 0.25) is 0 Å². The van der Waals surface area contributed by atoms with Crippen molar-refractivity contribution in [3.8, 4) is 11.5 Å². The van der Waals surface area contributed by atoms with E-state index in [9.17, 15) is 9.59 Å². The molecular weight excluding hydrogens is 358 g/mol. The minimum atomic E-state index is -0.949. The van der Waals surface area contributed by atoms with E-state index in [0.717, 1.165) is 12.0 Å². The topological polar surface area (TPSA) is 73.9 Å². The molecule has 0 aliphatic heterocycles. The highest BCUT2D eigenvalue weighted by Gasteiger charge is 2.25. The molecule has 0 heterocycles. The number of ether oxygens (including phenoxy) is 3. The third-order valence-electron chi connectivity index (χ3n) is 4.57. The van der Waals surface area contributed by atoms with E-state index in [1.165, 1.54) is 14.2 Å². The highest BCUT2D eigenvalue weighted by Crippen LogP contribution is 2.29. The van der Waals surface area contributed by atoms with E-state index in [2.05, 4.69) is 12.2 Å². The van der Waals surface area contributed by atoms with E-state index >= 15 is 0 Å². The number of methoxy groups -OCH3 is 2. The third-order valence-corrected chi connectivity index (χ3v) is 4.57. The Morgan fingerprint density at radius 2 is 1.57 bits per heavy atom. The molecule has 0 radical (unpaired) electrons. The minimum absolute atomic E-state index is 0.155. The average molecular weight is 385 g/mol. The fourth-order valence-electron chi connectivity index (χ4n) is 2.92. The molecule has 0 unspecified atom stereocenters. The van der Waals surface area contributed by atoms with Crippen molar-refractivity contribution in [2.24, 2.45) is 0 Å². The van der Waals surface area contributed by atoms with Gasteiger partial charge in [0.25, 0.3) is 5.91 Å². The van der Waals surface area contributed by atoms with Gasteiger partial charge in [-0.15, -0.1) is 0 Å². The maximum Gasteiger partial charge on any atom is 0.346 e. The predicted octanol–water partition coefficient (Wildman–Crippen LogP) is 3.56. The number of hydrogen-bond donors (Lipinski definition) is 1. The van der Waals surface area contributed by atoms with E-state index in [1.54, 1.807) is 25.1 Å². The van der Waals surface area contributed by atoms with Crippen LogP contribution in [0.25, 0.3) is 0 Å².